The smallest absolute Gasteiger partial charge is 0.308 e. The van der Waals surface area contributed by atoms with Crippen LogP contribution >= 0.6 is 11.6 Å². The Morgan fingerprint density at radius 3 is 2.67 bits per heavy atom. The molecule has 2 rings (SSSR count). The monoisotopic (exact) mass is 309 g/mol. The molecule has 0 aliphatic carbocycles. The number of aryl methyl sites for hydroxylation is 1. The Morgan fingerprint density at radius 1 is 1.29 bits per heavy atom. The normalized spacial score (nSPS) is 18.5. The lowest BCUT2D eigenvalue weighted by molar-refractivity contribution is -0.145. The first-order chi connectivity index (χ1) is 10.1. The second kappa shape index (κ2) is 7.46. The summed E-state index contributed by atoms with van der Waals surface area (Å²) in [5, 5.41) is 9.75. The van der Waals surface area contributed by atoms with Gasteiger partial charge in [0.2, 0.25) is 5.91 Å². The quantitative estimate of drug-likeness (QED) is 0.909. The van der Waals surface area contributed by atoms with E-state index >= 15 is 0 Å². The molecule has 1 aliphatic rings. The molecule has 1 N–H and O–H groups in total. The van der Waals surface area contributed by atoms with Gasteiger partial charge in [0.25, 0.3) is 0 Å². The van der Waals surface area contributed by atoms with Gasteiger partial charge in [-0.25, -0.2) is 0 Å². The van der Waals surface area contributed by atoms with E-state index in [1.807, 2.05) is 24.3 Å². The number of rotatable bonds is 5. The molecule has 5 heteroatoms. The minimum atomic E-state index is -0.798. The maximum atomic E-state index is 12.1. The fraction of sp³-hybridized carbons (Fsp3) is 0.500. The van der Waals surface area contributed by atoms with Gasteiger partial charge in [0.1, 0.15) is 0 Å². The van der Waals surface area contributed by atoms with E-state index in [1.54, 1.807) is 4.90 Å². The number of piperidine rings is 1. The van der Waals surface area contributed by atoms with E-state index < -0.39 is 11.9 Å². The first kappa shape index (κ1) is 15.8. The number of benzene rings is 1. The maximum absolute atomic E-state index is 12.1. The largest absolute Gasteiger partial charge is 0.481 e. The number of aliphatic carboxylic acids is 1. The second-order valence-corrected chi connectivity index (χ2v) is 5.93. The lowest BCUT2D eigenvalue weighted by Crippen LogP contribution is -2.42. The van der Waals surface area contributed by atoms with Gasteiger partial charge in [0.05, 0.1) is 5.92 Å². The Kier molecular flexibility index (Phi) is 5.62. The Labute approximate surface area is 129 Å². The molecule has 114 valence electrons. The van der Waals surface area contributed by atoms with Crippen LogP contribution < -0.4 is 0 Å². The number of hydrogen-bond acceptors (Lipinski definition) is 2. The Balaban J connectivity index is 1.76. The van der Waals surface area contributed by atoms with Crippen LogP contribution in [-0.4, -0.2) is 35.0 Å². The van der Waals surface area contributed by atoms with Crippen molar-refractivity contribution in [2.75, 3.05) is 13.1 Å². The van der Waals surface area contributed by atoms with Crippen LogP contribution in [0, 0.1) is 5.92 Å². The summed E-state index contributed by atoms with van der Waals surface area (Å²) in [7, 11) is 0. The highest BCUT2D eigenvalue weighted by Crippen LogP contribution is 2.18. The highest BCUT2D eigenvalue weighted by Gasteiger charge is 2.27. The zero-order valence-corrected chi connectivity index (χ0v) is 12.7. The predicted molar refractivity (Wildman–Crippen MR) is 81.3 cm³/mol. The van der Waals surface area contributed by atoms with E-state index in [4.69, 9.17) is 16.7 Å². The summed E-state index contributed by atoms with van der Waals surface area (Å²) in [6.07, 6.45) is 3.52. The minimum absolute atomic E-state index is 0.0647. The molecule has 0 saturated carbocycles. The third-order valence-electron chi connectivity index (χ3n) is 3.89. The molecule has 1 fully saturated rings. The molecule has 1 amide bonds. The zero-order valence-electron chi connectivity index (χ0n) is 11.9. The van der Waals surface area contributed by atoms with E-state index in [1.165, 1.54) is 0 Å². The average Bonchev–Trinajstić information content (AvgIpc) is 2.49. The number of likely N-dealkylation sites (tertiary alicyclic amines) is 1. The molecule has 0 bridgehead atoms. The number of carboxylic acid groups (broad SMARTS) is 1. The summed E-state index contributed by atoms with van der Waals surface area (Å²) in [6.45, 7) is 1.04. The lowest BCUT2D eigenvalue weighted by Gasteiger charge is -2.30. The molecule has 1 unspecified atom stereocenters. The molecular formula is C16H20ClNO3. The number of amides is 1. The van der Waals surface area contributed by atoms with Crippen LogP contribution in [0.5, 0.6) is 0 Å². The third-order valence-corrected chi connectivity index (χ3v) is 4.14. The molecule has 1 saturated heterocycles. The molecule has 1 heterocycles. The summed E-state index contributed by atoms with van der Waals surface area (Å²) in [5.74, 6) is -1.14. The molecule has 21 heavy (non-hydrogen) atoms. The van der Waals surface area contributed by atoms with Gasteiger partial charge in [-0.05, 0) is 43.4 Å². The third kappa shape index (κ3) is 4.74. The van der Waals surface area contributed by atoms with Crippen molar-refractivity contribution >= 4 is 23.5 Å². The Hall–Kier alpha value is -1.55. The first-order valence-electron chi connectivity index (χ1n) is 7.31. The number of carbonyl (C=O) groups is 2. The summed E-state index contributed by atoms with van der Waals surface area (Å²) in [6, 6.07) is 7.63. The van der Waals surface area contributed by atoms with Crippen molar-refractivity contribution in [3.63, 3.8) is 0 Å². The van der Waals surface area contributed by atoms with Crippen LogP contribution in [0.3, 0.4) is 0 Å². The molecule has 0 aromatic heterocycles. The van der Waals surface area contributed by atoms with Crippen LogP contribution in [0.15, 0.2) is 24.3 Å². The highest BCUT2D eigenvalue weighted by atomic mass is 35.5. The molecule has 1 atom stereocenters. The van der Waals surface area contributed by atoms with Crippen LogP contribution in [0.4, 0.5) is 0 Å². The van der Waals surface area contributed by atoms with Crippen LogP contribution in [0.1, 0.15) is 31.2 Å². The number of carbonyl (C=O) groups excluding carboxylic acids is 1. The molecule has 1 aromatic carbocycles. The minimum Gasteiger partial charge on any atom is -0.481 e. The Bertz CT molecular complexity index is 501. The van der Waals surface area contributed by atoms with Gasteiger partial charge in [-0.15, -0.1) is 0 Å². The summed E-state index contributed by atoms with van der Waals surface area (Å²) >= 11 is 5.83. The topological polar surface area (TPSA) is 57.6 Å². The molecule has 1 aromatic rings. The maximum Gasteiger partial charge on any atom is 0.308 e. The number of hydrogen-bond donors (Lipinski definition) is 1. The van der Waals surface area contributed by atoms with Crippen LogP contribution in [0.2, 0.25) is 5.02 Å². The fourth-order valence-electron chi connectivity index (χ4n) is 2.66. The number of carboxylic acids is 1. The fourth-order valence-corrected chi connectivity index (χ4v) is 2.78. The number of nitrogens with zero attached hydrogens (tertiary/aromatic N) is 1. The predicted octanol–water partition coefficient (Wildman–Crippen LogP) is 2.99. The molecule has 4 nitrogen and oxygen atoms in total. The van der Waals surface area contributed by atoms with Crippen molar-refractivity contribution in [3.8, 4) is 0 Å². The van der Waals surface area contributed by atoms with Crippen molar-refractivity contribution < 1.29 is 14.7 Å². The van der Waals surface area contributed by atoms with Gasteiger partial charge in [-0.1, -0.05) is 23.7 Å². The van der Waals surface area contributed by atoms with Crippen molar-refractivity contribution in [1.82, 2.24) is 4.90 Å². The lowest BCUT2D eigenvalue weighted by atomic mass is 9.98. The van der Waals surface area contributed by atoms with Crippen molar-refractivity contribution in [3.05, 3.63) is 34.9 Å². The first-order valence-corrected chi connectivity index (χ1v) is 7.69. The van der Waals surface area contributed by atoms with Gasteiger partial charge in [-0.2, -0.15) is 0 Å². The van der Waals surface area contributed by atoms with Crippen molar-refractivity contribution in [1.29, 1.82) is 0 Å². The average molecular weight is 310 g/mol. The van der Waals surface area contributed by atoms with Gasteiger partial charge in [0, 0.05) is 24.5 Å². The van der Waals surface area contributed by atoms with E-state index in [2.05, 4.69) is 0 Å². The molecule has 0 spiro atoms. The van der Waals surface area contributed by atoms with Crippen LogP contribution in [0.25, 0.3) is 0 Å². The van der Waals surface area contributed by atoms with Gasteiger partial charge >= 0.3 is 5.97 Å². The summed E-state index contributed by atoms with van der Waals surface area (Å²) in [4.78, 5) is 24.8. The van der Waals surface area contributed by atoms with Gasteiger partial charge < -0.3 is 10.0 Å². The SMILES string of the molecule is O=C(O)C1CCCN(C(=O)CCCc2ccc(Cl)cc2)C1. The van der Waals surface area contributed by atoms with Crippen LogP contribution in [-0.2, 0) is 16.0 Å². The summed E-state index contributed by atoms with van der Waals surface area (Å²) in [5.41, 5.74) is 1.16. The molecule has 0 radical (unpaired) electrons. The molecular weight excluding hydrogens is 290 g/mol. The van der Waals surface area contributed by atoms with Crippen molar-refractivity contribution in [2.24, 2.45) is 5.92 Å². The number of halogens is 1. The zero-order chi connectivity index (χ0) is 15.2. The van der Waals surface area contributed by atoms with E-state index in [-0.39, 0.29) is 5.91 Å². The molecule has 1 aliphatic heterocycles. The van der Waals surface area contributed by atoms with Gasteiger partial charge in [-0.3, -0.25) is 9.59 Å². The van der Waals surface area contributed by atoms with E-state index in [9.17, 15) is 9.59 Å². The van der Waals surface area contributed by atoms with E-state index in [0.29, 0.717) is 31.0 Å². The second-order valence-electron chi connectivity index (χ2n) is 5.50. The van der Waals surface area contributed by atoms with Gasteiger partial charge in [0.15, 0.2) is 0 Å². The highest BCUT2D eigenvalue weighted by molar-refractivity contribution is 6.30. The Morgan fingerprint density at radius 2 is 2.00 bits per heavy atom. The summed E-state index contributed by atoms with van der Waals surface area (Å²) < 4.78 is 0. The van der Waals surface area contributed by atoms with E-state index in [0.717, 1.165) is 24.8 Å². The standard InChI is InChI=1S/C16H20ClNO3/c17-14-8-6-12(7-9-14)3-1-5-15(19)18-10-2-4-13(11-18)16(20)21/h6-9,13H,1-5,10-11H2,(H,20,21). The van der Waals surface area contributed by atoms with Crippen molar-refractivity contribution in [2.45, 2.75) is 32.1 Å².